The highest BCUT2D eigenvalue weighted by atomic mass is 35.5. The number of pyridine rings is 1. The van der Waals surface area contributed by atoms with E-state index < -0.39 is 0 Å². The van der Waals surface area contributed by atoms with Gasteiger partial charge in [-0.25, -0.2) is 4.99 Å². The number of nitrogens with one attached hydrogen (secondary N) is 1. The highest BCUT2D eigenvalue weighted by Gasteiger charge is 2.17. The number of aldehydes is 1. The van der Waals surface area contributed by atoms with E-state index in [-0.39, 0.29) is 18.2 Å². The van der Waals surface area contributed by atoms with Crippen molar-refractivity contribution in [3.05, 3.63) is 70.4 Å². The van der Waals surface area contributed by atoms with Crippen LogP contribution in [0.15, 0.2) is 59.2 Å². The van der Waals surface area contributed by atoms with E-state index in [4.69, 9.17) is 16.7 Å². The number of benzene rings is 1. The predicted octanol–water partition coefficient (Wildman–Crippen LogP) is 3.00. The molecule has 0 saturated carbocycles. The zero-order valence-electron chi connectivity index (χ0n) is 20.8. The molecule has 0 bridgehead atoms. The fourth-order valence-electron chi connectivity index (χ4n) is 2.95. The summed E-state index contributed by atoms with van der Waals surface area (Å²) in [6.45, 7) is 7.40. The van der Waals surface area contributed by atoms with E-state index in [2.05, 4.69) is 26.9 Å². The van der Waals surface area contributed by atoms with Gasteiger partial charge in [-0.05, 0) is 70.0 Å². The first-order valence-electron chi connectivity index (χ1n) is 11.0. The molecule has 0 atom stereocenters. The van der Waals surface area contributed by atoms with Crippen LogP contribution < -0.4 is 5.32 Å². The molecule has 2 N–H and O–H groups in total. The Balaban J connectivity index is 0.000000762. The average Bonchev–Trinajstić information content (AvgIpc) is 2.85. The lowest BCUT2D eigenvalue weighted by molar-refractivity contribution is -0.115. The number of aromatic nitrogens is 1. The normalized spacial score (nSPS) is 11.1. The summed E-state index contributed by atoms with van der Waals surface area (Å²) in [6, 6.07) is 9.25. The molecule has 2 rings (SSSR count). The third-order valence-corrected chi connectivity index (χ3v) is 4.97. The van der Waals surface area contributed by atoms with Gasteiger partial charge in [0, 0.05) is 37.6 Å². The number of hydrogen-bond donors (Lipinski definition) is 2. The fraction of sp³-hybridized carbons (Fsp3) is 0.360. The number of allylic oxidation sites excluding steroid dienone is 1. The van der Waals surface area contributed by atoms with Crippen molar-refractivity contribution in [2.45, 2.75) is 19.9 Å². The van der Waals surface area contributed by atoms with Crippen molar-refractivity contribution in [1.29, 1.82) is 0 Å². The standard InChI is InChI=1S/C20H22ClN5O2.C5H13NO/c1-15-8-18(10-23-9-15)24-13-26(11-16-4-6-17(21)7-5-16)19(12-27)20(22-2)25(3)14-28;1-6(2)4-3-5-7/h4-10,12,14,24H,2,11,13H2,1,3H3;7H,3-5H2,1-2H3/b20-19+;. The number of aliphatic hydroxyl groups excluding tert-OH is 1. The third-order valence-electron chi connectivity index (χ3n) is 4.72. The summed E-state index contributed by atoms with van der Waals surface area (Å²) in [5.74, 6) is 0.170. The predicted molar refractivity (Wildman–Crippen MR) is 141 cm³/mol. The maximum absolute atomic E-state index is 11.9. The molecule has 35 heavy (non-hydrogen) atoms. The van der Waals surface area contributed by atoms with E-state index in [9.17, 15) is 9.59 Å². The number of nitrogens with zero attached hydrogens (tertiary/aromatic N) is 5. The number of hydrogen-bond acceptors (Lipinski definition) is 8. The van der Waals surface area contributed by atoms with Crippen LogP contribution in [0, 0.1) is 6.92 Å². The number of anilines is 1. The Labute approximate surface area is 212 Å². The summed E-state index contributed by atoms with van der Waals surface area (Å²) in [4.78, 5) is 36.1. The maximum atomic E-state index is 11.9. The molecule has 190 valence electrons. The average molecular weight is 503 g/mol. The molecule has 0 aliphatic heterocycles. The van der Waals surface area contributed by atoms with Crippen LogP contribution in [0.2, 0.25) is 5.02 Å². The lowest BCUT2D eigenvalue weighted by atomic mass is 10.2. The zero-order chi connectivity index (χ0) is 26.2. The number of amides is 1. The van der Waals surface area contributed by atoms with Crippen molar-refractivity contribution in [3.8, 4) is 0 Å². The summed E-state index contributed by atoms with van der Waals surface area (Å²) in [5, 5.41) is 12.2. The van der Waals surface area contributed by atoms with Crippen LogP contribution in [0.3, 0.4) is 0 Å². The minimum absolute atomic E-state index is 0.170. The molecule has 10 heteroatoms. The molecule has 1 aromatic heterocycles. The molecule has 0 saturated heterocycles. The monoisotopic (exact) mass is 502 g/mol. The number of aryl methyl sites for hydroxylation is 1. The van der Waals surface area contributed by atoms with Gasteiger partial charge in [0.15, 0.2) is 12.1 Å². The number of aliphatic imine (C=N–C) groups is 1. The molecule has 0 fully saturated rings. The van der Waals surface area contributed by atoms with Crippen molar-refractivity contribution in [2.24, 2.45) is 4.99 Å². The van der Waals surface area contributed by atoms with E-state index in [0.29, 0.717) is 30.9 Å². The van der Waals surface area contributed by atoms with Gasteiger partial charge in [0.2, 0.25) is 6.41 Å². The van der Waals surface area contributed by atoms with Gasteiger partial charge in [0.25, 0.3) is 0 Å². The van der Waals surface area contributed by atoms with E-state index >= 15 is 0 Å². The summed E-state index contributed by atoms with van der Waals surface area (Å²) in [6.07, 6.45) is 5.57. The Morgan fingerprint density at radius 3 is 2.37 bits per heavy atom. The first kappa shape index (κ1) is 29.8. The van der Waals surface area contributed by atoms with Crippen LogP contribution in [0.1, 0.15) is 17.5 Å². The zero-order valence-corrected chi connectivity index (χ0v) is 21.6. The minimum atomic E-state index is 0.170. The van der Waals surface area contributed by atoms with Gasteiger partial charge in [-0.2, -0.15) is 0 Å². The molecule has 0 aliphatic rings. The Bertz CT molecular complexity index is 966. The second-order valence-corrected chi connectivity index (χ2v) is 8.43. The summed E-state index contributed by atoms with van der Waals surface area (Å²) in [7, 11) is 5.50. The summed E-state index contributed by atoms with van der Waals surface area (Å²) in [5.41, 5.74) is 2.98. The van der Waals surface area contributed by atoms with Crippen molar-refractivity contribution in [3.63, 3.8) is 0 Å². The van der Waals surface area contributed by atoms with E-state index in [1.807, 2.05) is 39.2 Å². The van der Waals surface area contributed by atoms with Crippen molar-refractivity contribution < 1.29 is 14.7 Å². The van der Waals surface area contributed by atoms with E-state index in [1.54, 1.807) is 29.4 Å². The Morgan fingerprint density at radius 2 is 1.89 bits per heavy atom. The van der Waals surface area contributed by atoms with Crippen molar-refractivity contribution >= 4 is 36.7 Å². The van der Waals surface area contributed by atoms with Gasteiger partial charge in [-0.1, -0.05) is 23.7 Å². The molecule has 0 radical (unpaired) electrons. The SMILES string of the molecule is C=N/C(=C(/C=O)N(CNc1cncc(C)c1)Cc1ccc(Cl)cc1)N(C)C=O.CN(C)CCCO. The molecule has 0 unspecified atom stereocenters. The van der Waals surface area contributed by atoms with Gasteiger partial charge < -0.3 is 25.1 Å². The Hall–Kier alpha value is -3.27. The minimum Gasteiger partial charge on any atom is -0.396 e. The smallest absolute Gasteiger partial charge is 0.215 e. The van der Waals surface area contributed by atoms with Crippen molar-refractivity contribution in [2.75, 3.05) is 46.3 Å². The number of aliphatic hydroxyl groups is 1. The lowest BCUT2D eigenvalue weighted by Gasteiger charge is -2.28. The van der Waals surface area contributed by atoms with Gasteiger partial charge in [-0.15, -0.1) is 0 Å². The van der Waals surface area contributed by atoms with Gasteiger partial charge in [0.05, 0.1) is 12.4 Å². The van der Waals surface area contributed by atoms with Crippen molar-refractivity contribution in [1.82, 2.24) is 19.7 Å². The molecule has 0 spiro atoms. The van der Waals surface area contributed by atoms with Gasteiger partial charge in [-0.3, -0.25) is 14.6 Å². The second kappa shape index (κ2) is 16.4. The highest BCUT2D eigenvalue weighted by Crippen LogP contribution is 2.18. The first-order chi connectivity index (χ1) is 16.7. The Morgan fingerprint density at radius 1 is 1.20 bits per heavy atom. The summed E-state index contributed by atoms with van der Waals surface area (Å²) < 4.78 is 0. The van der Waals surface area contributed by atoms with Crippen LogP contribution in [0.4, 0.5) is 5.69 Å². The number of rotatable bonds is 13. The number of halogens is 1. The third kappa shape index (κ3) is 11.1. The molecular formula is C25H35ClN6O3. The number of carbonyl (C=O) groups excluding carboxylic acids is 2. The molecule has 1 amide bonds. The van der Waals surface area contributed by atoms with Crippen LogP contribution in [0.5, 0.6) is 0 Å². The molecule has 0 aliphatic carbocycles. The fourth-order valence-corrected chi connectivity index (χ4v) is 3.08. The summed E-state index contributed by atoms with van der Waals surface area (Å²) >= 11 is 5.96. The van der Waals surface area contributed by atoms with E-state index in [1.165, 1.54) is 11.9 Å². The van der Waals surface area contributed by atoms with Gasteiger partial charge >= 0.3 is 0 Å². The van der Waals surface area contributed by atoms with Crippen LogP contribution in [-0.2, 0) is 16.1 Å². The molecular weight excluding hydrogens is 468 g/mol. The molecule has 2 aromatic rings. The van der Waals surface area contributed by atoms with Crippen LogP contribution in [0.25, 0.3) is 0 Å². The lowest BCUT2D eigenvalue weighted by Crippen LogP contribution is -2.32. The first-order valence-corrected chi connectivity index (χ1v) is 11.4. The Kier molecular flexibility index (Phi) is 13.9. The quantitative estimate of drug-likeness (QED) is 0.188. The van der Waals surface area contributed by atoms with Gasteiger partial charge in [0.1, 0.15) is 5.70 Å². The molecule has 1 aromatic carbocycles. The van der Waals surface area contributed by atoms with Crippen LogP contribution >= 0.6 is 11.6 Å². The topological polar surface area (TPSA) is 101 Å². The van der Waals surface area contributed by atoms with Crippen LogP contribution in [-0.4, -0.2) is 85.2 Å². The second-order valence-electron chi connectivity index (χ2n) is 7.99. The highest BCUT2D eigenvalue weighted by molar-refractivity contribution is 6.30. The number of carbonyl (C=O) groups is 2. The molecule has 9 nitrogen and oxygen atoms in total. The largest absolute Gasteiger partial charge is 0.396 e. The maximum Gasteiger partial charge on any atom is 0.215 e. The molecule has 1 heterocycles. The van der Waals surface area contributed by atoms with E-state index in [0.717, 1.165) is 29.8 Å².